The molecule has 0 unspecified atom stereocenters. The van der Waals surface area contributed by atoms with E-state index in [1.54, 1.807) is 0 Å². The van der Waals surface area contributed by atoms with Gasteiger partial charge in [-0.2, -0.15) is 0 Å². The minimum Gasteiger partial charge on any atom is -0.393 e. The molecule has 0 aliphatic heterocycles. The van der Waals surface area contributed by atoms with Gasteiger partial charge in [-0.1, -0.05) is 30.3 Å². The Morgan fingerprint density at radius 1 is 1.30 bits per heavy atom. The molecule has 1 nitrogen and oxygen atoms in total. The van der Waals surface area contributed by atoms with Crippen molar-refractivity contribution in [2.45, 2.75) is 12.5 Å². The average Bonchev–Trinajstić information content (AvgIpc) is 1.88. The first-order chi connectivity index (χ1) is 4.79. The van der Waals surface area contributed by atoms with Gasteiger partial charge in [-0.05, 0) is 18.9 Å². The summed E-state index contributed by atoms with van der Waals surface area (Å²) >= 11 is 0. The van der Waals surface area contributed by atoms with E-state index >= 15 is 0 Å². The largest absolute Gasteiger partial charge is 0.393 e. The van der Waals surface area contributed by atoms with Gasteiger partial charge in [0, 0.05) is 0 Å². The van der Waals surface area contributed by atoms with Crippen LogP contribution >= 0.6 is 0 Å². The lowest BCUT2D eigenvalue weighted by Gasteiger charge is -2.01. The third-order valence-electron chi connectivity index (χ3n) is 1.31. The van der Waals surface area contributed by atoms with Gasteiger partial charge in [0.05, 0.1) is 6.10 Å². The Labute approximate surface area is 61.3 Å². The van der Waals surface area contributed by atoms with Crippen molar-refractivity contribution in [1.29, 1.82) is 0 Å². The molecule has 10 heavy (non-hydrogen) atoms. The van der Waals surface area contributed by atoms with Gasteiger partial charge >= 0.3 is 0 Å². The summed E-state index contributed by atoms with van der Waals surface area (Å²) in [5, 5.41) is 8.89. The molecule has 1 N–H and O–H groups in total. The maximum absolute atomic E-state index is 8.89. The Morgan fingerprint density at radius 2 is 1.90 bits per heavy atom. The zero-order chi connectivity index (χ0) is 7.40. The fourth-order valence-corrected chi connectivity index (χ4v) is 0.886. The molecule has 53 valence electrons. The zero-order valence-electron chi connectivity index (χ0n) is 5.83. The first-order valence-corrected chi connectivity index (χ1v) is 3.34. The smallest absolute Gasteiger partial charge is 0.0581 e. The molecular formula is C9H11O. The van der Waals surface area contributed by atoms with Crippen LogP contribution < -0.4 is 0 Å². The van der Waals surface area contributed by atoms with E-state index in [0.717, 1.165) is 5.56 Å². The first-order valence-electron chi connectivity index (χ1n) is 3.34. The molecule has 0 saturated heterocycles. The molecule has 0 heterocycles. The number of aliphatic hydroxyl groups excluding tert-OH is 1. The topological polar surface area (TPSA) is 20.2 Å². The molecule has 1 aromatic carbocycles. The number of rotatable bonds is 2. The minimum absolute atomic E-state index is 0.484. The van der Waals surface area contributed by atoms with Crippen LogP contribution in [0.25, 0.3) is 0 Å². The molecule has 0 fully saturated rings. The van der Waals surface area contributed by atoms with Gasteiger partial charge in [0.2, 0.25) is 0 Å². The second kappa shape index (κ2) is 3.37. The molecule has 0 saturated carbocycles. The fourth-order valence-electron chi connectivity index (χ4n) is 0.886. The highest BCUT2D eigenvalue weighted by Crippen LogP contribution is 2.01. The van der Waals surface area contributed by atoms with Crippen molar-refractivity contribution >= 4 is 0 Å². The van der Waals surface area contributed by atoms with Crippen LogP contribution in [0.1, 0.15) is 5.56 Å². The van der Waals surface area contributed by atoms with E-state index in [0.29, 0.717) is 6.42 Å². The highest BCUT2D eigenvalue weighted by molar-refractivity contribution is 5.15. The zero-order valence-corrected chi connectivity index (χ0v) is 5.83. The van der Waals surface area contributed by atoms with E-state index in [1.807, 2.05) is 30.3 Å². The van der Waals surface area contributed by atoms with Gasteiger partial charge < -0.3 is 5.11 Å². The van der Waals surface area contributed by atoms with Crippen molar-refractivity contribution in [3.63, 3.8) is 0 Å². The molecule has 0 amide bonds. The van der Waals surface area contributed by atoms with Gasteiger partial charge in [-0.15, -0.1) is 0 Å². The molecule has 1 atom stereocenters. The molecule has 0 spiro atoms. The lowest BCUT2D eigenvalue weighted by atomic mass is 10.1. The van der Waals surface area contributed by atoms with E-state index in [-0.39, 0.29) is 0 Å². The molecule has 0 aromatic heterocycles. The predicted octanol–water partition coefficient (Wildman–Crippen LogP) is 1.42. The second-order valence-electron chi connectivity index (χ2n) is 2.34. The third-order valence-corrected chi connectivity index (χ3v) is 1.31. The summed E-state index contributed by atoms with van der Waals surface area (Å²) in [6.45, 7) is 3.49. The molecule has 1 rings (SSSR count). The number of benzene rings is 1. The van der Waals surface area contributed by atoms with E-state index in [1.165, 1.54) is 0 Å². The Bertz CT molecular complexity index is 179. The molecule has 1 radical (unpaired) electrons. The van der Waals surface area contributed by atoms with Crippen molar-refractivity contribution in [3.05, 3.63) is 42.8 Å². The van der Waals surface area contributed by atoms with Crippen LogP contribution in [0.2, 0.25) is 0 Å². The quantitative estimate of drug-likeness (QED) is 0.650. The Balaban J connectivity index is 2.59. The highest BCUT2D eigenvalue weighted by atomic mass is 16.3. The molecule has 1 aromatic rings. The lowest BCUT2D eigenvalue weighted by molar-refractivity contribution is 0.221. The van der Waals surface area contributed by atoms with Crippen molar-refractivity contribution in [1.82, 2.24) is 0 Å². The summed E-state index contributed by atoms with van der Waals surface area (Å²) in [5.41, 5.74) is 1.13. The summed E-state index contributed by atoms with van der Waals surface area (Å²) in [6, 6.07) is 9.83. The third kappa shape index (κ3) is 2.19. The number of hydrogen-bond donors (Lipinski definition) is 1. The lowest BCUT2D eigenvalue weighted by Crippen LogP contribution is -2.03. The van der Waals surface area contributed by atoms with Gasteiger partial charge in [-0.3, -0.25) is 0 Å². The van der Waals surface area contributed by atoms with Crippen LogP contribution in [0, 0.1) is 6.92 Å². The Hall–Kier alpha value is -0.820. The standard InChI is InChI=1S/C9H11O/c1-8(10)7-9-5-3-2-4-6-9/h2-6,8,10H,1,7H2/t8-/m1/s1. The maximum Gasteiger partial charge on any atom is 0.0581 e. The van der Waals surface area contributed by atoms with Gasteiger partial charge in [0.25, 0.3) is 0 Å². The normalized spacial score (nSPS) is 13.0. The number of aliphatic hydroxyl groups is 1. The van der Waals surface area contributed by atoms with Gasteiger partial charge in [0.1, 0.15) is 0 Å². The summed E-state index contributed by atoms with van der Waals surface area (Å²) in [4.78, 5) is 0. The van der Waals surface area contributed by atoms with Crippen molar-refractivity contribution in [2.75, 3.05) is 0 Å². The molecule has 0 aliphatic rings. The van der Waals surface area contributed by atoms with Crippen LogP contribution in [0.3, 0.4) is 0 Å². The van der Waals surface area contributed by atoms with E-state index in [9.17, 15) is 0 Å². The summed E-state index contributed by atoms with van der Waals surface area (Å²) in [5.74, 6) is 0. The summed E-state index contributed by atoms with van der Waals surface area (Å²) in [6.07, 6.45) is 0.156. The van der Waals surface area contributed by atoms with Crippen LogP contribution in [0.4, 0.5) is 0 Å². The summed E-state index contributed by atoms with van der Waals surface area (Å²) in [7, 11) is 0. The first kappa shape index (κ1) is 7.29. The van der Waals surface area contributed by atoms with Crippen molar-refractivity contribution in [3.8, 4) is 0 Å². The SMILES string of the molecule is [CH2][C@@H](O)Cc1ccccc1. The van der Waals surface area contributed by atoms with E-state index in [2.05, 4.69) is 6.92 Å². The predicted molar refractivity (Wildman–Crippen MR) is 41.5 cm³/mol. The van der Waals surface area contributed by atoms with Crippen molar-refractivity contribution in [2.24, 2.45) is 0 Å². The molecule has 0 aliphatic carbocycles. The van der Waals surface area contributed by atoms with E-state index in [4.69, 9.17) is 5.11 Å². The van der Waals surface area contributed by atoms with Gasteiger partial charge in [-0.25, -0.2) is 0 Å². The maximum atomic E-state index is 8.89. The molecule has 0 bridgehead atoms. The molecular weight excluding hydrogens is 124 g/mol. The summed E-state index contributed by atoms with van der Waals surface area (Å²) < 4.78 is 0. The highest BCUT2D eigenvalue weighted by Gasteiger charge is 1.95. The second-order valence-corrected chi connectivity index (χ2v) is 2.34. The Kier molecular flexibility index (Phi) is 2.46. The van der Waals surface area contributed by atoms with E-state index < -0.39 is 6.10 Å². The monoisotopic (exact) mass is 135 g/mol. The van der Waals surface area contributed by atoms with Crippen LogP contribution in [-0.4, -0.2) is 11.2 Å². The van der Waals surface area contributed by atoms with Gasteiger partial charge in [0.15, 0.2) is 0 Å². The molecule has 1 heteroatoms. The van der Waals surface area contributed by atoms with Crippen molar-refractivity contribution < 1.29 is 5.11 Å². The number of hydrogen-bond acceptors (Lipinski definition) is 1. The van der Waals surface area contributed by atoms with Crippen LogP contribution in [-0.2, 0) is 6.42 Å². The van der Waals surface area contributed by atoms with Crippen LogP contribution in [0.15, 0.2) is 30.3 Å². The average molecular weight is 135 g/mol. The van der Waals surface area contributed by atoms with Crippen LogP contribution in [0.5, 0.6) is 0 Å². The fraction of sp³-hybridized carbons (Fsp3) is 0.222. The Morgan fingerprint density at radius 3 is 2.40 bits per heavy atom. The minimum atomic E-state index is -0.484.